The number of alkyl halides is 3. The molecule has 0 amide bonds. The zero-order valence-corrected chi connectivity index (χ0v) is 10.1. The van der Waals surface area contributed by atoms with Crippen LogP contribution in [-0.2, 0) is 5.41 Å². The fourth-order valence-electron chi connectivity index (χ4n) is 1.31. The van der Waals surface area contributed by atoms with E-state index in [0.29, 0.717) is 0 Å². The van der Waals surface area contributed by atoms with Crippen molar-refractivity contribution in [3.63, 3.8) is 0 Å². The minimum Gasteiger partial charge on any atom is -0.482 e. The van der Waals surface area contributed by atoms with E-state index >= 15 is 0 Å². The lowest BCUT2D eigenvalue weighted by Gasteiger charge is -2.20. The van der Waals surface area contributed by atoms with Gasteiger partial charge in [-0.2, -0.15) is 13.2 Å². The molecule has 0 fully saturated rings. The number of rotatable bonds is 2. The van der Waals surface area contributed by atoms with Gasteiger partial charge in [-0.25, -0.2) is 0 Å². The largest absolute Gasteiger partial charge is 0.482 e. The van der Waals surface area contributed by atoms with Crippen molar-refractivity contribution in [1.82, 2.24) is 0 Å². The predicted octanol–water partition coefficient (Wildman–Crippen LogP) is 3.51. The van der Waals surface area contributed by atoms with Gasteiger partial charge in [0.25, 0.3) is 0 Å². The van der Waals surface area contributed by atoms with Crippen molar-refractivity contribution in [2.45, 2.75) is 32.4 Å². The summed E-state index contributed by atoms with van der Waals surface area (Å²) in [5, 5.41) is 0. The van der Waals surface area contributed by atoms with E-state index in [2.05, 4.69) is 4.74 Å². The Morgan fingerprint density at radius 2 is 1.76 bits per heavy atom. The van der Waals surface area contributed by atoms with Gasteiger partial charge in [0.2, 0.25) is 0 Å². The van der Waals surface area contributed by atoms with E-state index in [4.69, 9.17) is 5.73 Å². The summed E-state index contributed by atoms with van der Waals surface area (Å²) >= 11 is 0. The third-order valence-corrected chi connectivity index (χ3v) is 2.27. The normalized spacial score (nSPS) is 12.6. The maximum absolute atomic E-state index is 12.0. The highest BCUT2D eigenvalue weighted by Crippen LogP contribution is 2.30. The van der Waals surface area contributed by atoms with E-state index in [1.807, 2.05) is 20.8 Å². The lowest BCUT2D eigenvalue weighted by molar-refractivity contribution is -0.153. The van der Waals surface area contributed by atoms with E-state index in [-0.39, 0.29) is 16.9 Å². The van der Waals surface area contributed by atoms with Crippen LogP contribution >= 0.6 is 0 Å². The molecule has 0 aliphatic carbocycles. The molecule has 17 heavy (non-hydrogen) atoms. The molecular weight excluding hydrogens is 231 g/mol. The molecule has 0 aliphatic heterocycles. The minimum absolute atomic E-state index is 0.0651. The van der Waals surface area contributed by atoms with Gasteiger partial charge in [0, 0.05) is 0 Å². The van der Waals surface area contributed by atoms with Crippen LogP contribution in [0.5, 0.6) is 5.75 Å². The molecule has 96 valence electrons. The number of hydrogen-bond acceptors (Lipinski definition) is 2. The van der Waals surface area contributed by atoms with Crippen molar-refractivity contribution in [3.8, 4) is 5.75 Å². The summed E-state index contributed by atoms with van der Waals surface area (Å²) in [6.07, 6.45) is -4.35. The summed E-state index contributed by atoms with van der Waals surface area (Å²) in [4.78, 5) is 0. The first-order valence-corrected chi connectivity index (χ1v) is 5.19. The van der Waals surface area contributed by atoms with Crippen molar-refractivity contribution < 1.29 is 17.9 Å². The first-order chi connectivity index (χ1) is 7.59. The van der Waals surface area contributed by atoms with E-state index in [0.717, 1.165) is 5.56 Å². The molecule has 2 N–H and O–H groups in total. The molecule has 0 heterocycles. The molecule has 0 aliphatic rings. The van der Waals surface area contributed by atoms with Gasteiger partial charge in [-0.15, -0.1) is 0 Å². The van der Waals surface area contributed by atoms with E-state index in [1.165, 1.54) is 6.07 Å². The molecule has 0 unspecified atom stereocenters. The van der Waals surface area contributed by atoms with Crippen molar-refractivity contribution in [1.29, 1.82) is 0 Å². The Hall–Kier alpha value is -1.39. The van der Waals surface area contributed by atoms with Gasteiger partial charge < -0.3 is 10.5 Å². The van der Waals surface area contributed by atoms with Crippen molar-refractivity contribution in [2.24, 2.45) is 0 Å². The maximum Gasteiger partial charge on any atom is 0.422 e. The summed E-state index contributed by atoms with van der Waals surface area (Å²) in [5.41, 5.74) is 6.73. The Kier molecular flexibility index (Phi) is 3.59. The Morgan fingerprint density at radius 1 is 1.18 bits per heavy atom. The lowest BCUT2D eigenvalue weighted by atomic mass is 9.87. The summed E-state index contributed by atoms with van der Waals surface area (Å²) in [6.45, 7) is 4.67. The van der Waals surface area contributed by atoms with Crippen molar-refractivity contribution >= 4 is 5.69 Å². The first-order valence-electron chi connectivity index (χ1n) is 5.19. The SMILES string of the molecule is CC(C)(C)c1ccc(OCC(F)(F)F)c(N)c1. The van der Waals surface area contributed by atoms with Crippen molar-refractivity contribution in [2.75, 3.05) is 12.3 Å². The van der Waals surface area contributed by atoms with Crippen LogP contribution in [0.2, 0.25) is 0 Å². The zero-order valence-electron chi connectivity index (χ0n) is 10.1. The zero-order chi connectivity index (χ0) is 13.3. The Labute approximate surface area is 98.6 Å². The highest BCUT2D eigenvalue weighted by atomic mass is 19.4. The molecule has 0 atom stereocenters. The average molecular weight is 247 g/mol. The van der Waals surface area contributed by atoms with Gasteiger partial charge in [0.1, 0.15) is 5.75 Å². The molecular formula is C12H16F3NO. The number of ether oxygens (including phenoxy) is 1. The Bertz CT molecular complexity index is 394. The van der Waals surface area contributed by atoms with Gasteiger partial charge in [-0.1, -0.05) is 26.8 Å². The van der Waals surface area contributed by atoms with Gasteiger partial charge in [-0.3, -0.25) is 0 Å². The van der Waals surface area contributed by atoms with Gasteiger partial charge >= 0.3 is 6.18 Å². The fraction of sp³-hybridized carbons (Fsp3) is 0.500. The van der Waals surface area contributed by atoms with Crippen LogP contribution in [0.15, 0.2) is 18.2 Å². The van der Waals surface area contributed by atoms with Crippen LogP contribution in [-0.4, -0.2) is 12.8 Å². The maximum atomic E-state index is 12.0. The molecule has 0 bridgehead atoms. The summed E-state index contributed by atoms with van der Waals surface area (Å²) in [5.74, 6) is 0.0651. The van der Waals surface area contributed by atoms with Gasteiger partial charge in [0.05, 0.1) is 5.69 Å². The average Bonchev–Trinajstić information content (AvgIpc) is 2.12. The van der Waals surface area contributed by atoms with E-state index in [1.54, 1.807) is 12.1 Å². The fourth-order valence-corrected chi connectivity index (χ4v) is 1.31. The third-order valence-electron chi connectivity index (χ3n) is 2.27. The van der Waals surface area contributed by atoms with Gasteiger partial charge in [-0.05, 0) is 23.1 Å². The molecule has 0 saturated heterocycles. The third kappa shape index (κ3) is 4.17. The van der Waals surface area contributed by atoms with Crippen LogP contribution in [0.3, 0.4) is 0 Å². The quantitative estimate of drug-likeness (QED) is 0.812. The standard InChI is InChI=1S/C12H16F3NO/c1-11(2,3)8-4-5-10(9(16)6-8)17-7-12(13,14)15/h4-6H,7,16H2,1-3H3. The number of hydrogen-bond donors (Lipinski definition) is 1. The smallest absolute Gasteiger partial charge is 0.422 e. The van der Waals surface area contributed by atoms with Gasteiger partial charge in [0.15, 0.2) is 6.61 Å². The predicted molar refractivity (Wildman–Crippen MR) is 61.1 cm³/mol. The summed E-state index contributed by atoms with van der Waals surface area (Å²) in [7, 11) is 0. The second-order valence-corrected chi connectivity index (χ2v) is 4.91. The Morgan fingerprint density at radius 3 is 2.18 bits per heavy atom. The Balaban J connectivity index is 2.84. The van der Waals surface area contributed by atoms with Crippen LogP contribution < -0.4 is 10.5 Å². The topological polar surface area (TPSA) is 35.2 Å². The monoisotopic (exact) mass is 247 g/mol. The molecule has 1 aromatic carbocycles. The van der Waals surface area contributed by atoms with Crippen LogP contribution in [0.4, 0.5) is 18.9 Å². The molecule has 2 nitrogen and oxygen atoms in total. The highest BCUT2D eigenvalue weighted by Gasteiger charge is 2.28. The van der Waals surface area contributed by atoms with E-state index in [9.17, 15) is 13.2 Å². The van der Waals surface area contributed by atoms with Crippen molar-refractivity contribution in [3.05, 3.63) is 23.8 Å². The number of nitrogen functional groups attached to an aromatic ring is 1. The van der Waals surface area contributed by atoms with E-state index < -0.39 is 12.8 Å². The van der Waals surface area contributed by atoms with Crippen LogP contribution in [0.25, 0.3) is 0 Å². The molecule has 1 rings (SSSR count). The second kappa shape index (κ2) is 4.47. The molecule has 5 heteroatoms. The summed E-state index contributed by atoms with van der Waals surface area (Å²) in [6, 6.07) is 4.84. The molecule has 0 aromatic heterocycles. The van der Waals surface area contributed by atoms with Crippen LogP contribution in [0, 0.1) is 0 Å². The number of anilines is 1. The molecule has 0 radical (unpaired) electrons. The number of halogens is 3. The first kappa shape index (κ1) is 13.7. The summed E-state index contributed by atoms with van der Waals surface area (Å²) < 4.78 is 40.5. The van der Waals surface area contributed by atoms with Crippen LogP contribution in [0.1, 0.15) is 26.3 Å². The number of benzene rings is 1. The molecule has 0 saturated carbocycles. The number of nitrogens with two attached hydrogens (primary N) is 1. The minimum atomic E-state index is -4.35. The lowest BCUT2D eigenvalue weighted by Crippen LogP contribution is -2.20. The highest BCUT2D eigenvalue weighted by molar-refractivity contribution is 5.55. The second-order valence-electron chi connectivity index (χ2n) is 4.91. The molecule has 0 spiro atoms. The molecule has 1 aromatic rings.